The third kappa shape index (κ3) is 2.95. The van der Waals surface area contributed by atoms with Crippen LogP contribution in [0.1, 0.15) is 18.1 Å². The van der Waals surface area contributed by atoms with Gasteiger partial charge >= 0.3 is 0 Å². The second kappa shape index (κ2) is 5.80. The molecule has 0 amide bonds. The van der Waals surface area contributed by atoms with Crippen molar-refractivity contribution in [3.05, 3.63) is 78.0 Å². The van der Waals surface area contributed by atoms with Gasteiger partial charge < -0.3 is 4.57 Å². The van der Waals surface area contributed by atoms with Crippen molar-refractivity contribution in [2.75, 3.05) is 0 Å². The Balaban J connectivity index is 2.05. The molecule has 0 bridgehead atoms. The van der Waals surface area contributed by atoms with Gasteiger partial charge in [0.25, 0.3) is 0 Å². The van der Waals surface area contributed by atoms with Crippen molar-refractivity contribution in [2.45, 2.75) is 13.5 Å². The summed E-state index contributed by atoms with van der Waals surface area (Å²) in [7, 11) is 0. The fourth-order valence-electron chi connectivity index (χ4n) is 2.53. The van der Waals surface area contributed by atoms with Gasteiger partial charge in [-0.2, -0.15) is 0 Å². The van der Waals surface area contributed by atoms with E-state index in [1.807, 2.05) is 24.3 Å². The molecule has 0 unspecified atom stereocenters. The number of allylic oxidation sites excluding steroid dienone is 1. The van der Waals surface area contributed by atoms with Crippen molar-refractivity contribution >= 4 is 22.8 Å². The maximum atomic E-state index is 11.2. The minimum atomic E-state index is 0.0647. The smallest absolute Gasteiger partial charge is 0.152 e. The van der Waals surface area contributed by atoms with Gasteiger partial charge in [-0.15, -0.1) is 0 Å². The molecule has 3 aromatic rings. The van der Waals surface area contributed by atoms with E-state index in [0.29, 0.717) is 0 Å². The molecule has 1 aromatic heterocycles. The summed E-state index contributed by atoms with van der Waals surface area (Å²) in [5, 5.41) is 1.17. The second-order valence-electron chi connectivity index (χ2n) is 5.16. The first-order chi connectivity index (χ1) is 10.2. The maximum Gasteiger partial charge on any atom is 0.152 e. The molecule has 0 saturated carbocycles. The summed E-state index contributed by atoms with van der Waals surface area (Å²) in [6.45, 7) is 2.40. The monoisotopic (exact) mass is 275 g/mol. The summed E-state index contributed by atoms with van der Waals surface area (Å²) in [4.78, 5) is 11.2. The first kappa shape index (κ1) is 13.4. The van der Waals surface area contributed by atoms with Crippen LogP contribution in [0.15, 0.2) is 66.9 Å². The average molecular weight is 275 g/mol. The lowest BCUT2D eigenvalue weighted by Gasteiger charge is -2.05. The highest BCUT2D eigenvalue weighted by Gasteiger charge is 2.06. The predicted octanol–water partition coefficient (Wildman–Crippen LogP) is 4.29. The summed E-state index contributed by atoms with van der Waals surface area (Å²) in [6, 6.07) is 18.7. The molecule has 0 aliphatic carbocycles. The molecule has 0 aliphatic rings. The zero-order chi connectivity index (χ0) is 14.7. The van der Waals surface area contributed by atoms with Gasteiger partial charge in [0.2, 0.25) is 0 Å². The van der Waals surface area contributed by atoms with Crippen LogP contribution in [0.3, 0.4) is 0 Å². The fourth-order valence-corrected chi connectivity index (χ4v) is 2.53. The lowest BCUT2D eigenvalue weighted by molar-refractivity contribution is -0.112. The van der Waals surface area contributed by atoms with Crippen LogP contribution in [-0.4, -0.2) is 10.4 Å². The van der Waals surface area contributed by atoms with E-state index < -0.39 is 0 Å². The quantitative estimate of drug-likeness (QED) is 0.651. The second-order valence-corrected chi connectivity index (χ2v) is 5.16. The van der Waals surface area contributed by atoms with Crippen LogP contribution < -0.4 is 0 Å². The number of para-hydroxylation sites is 1. The van der Waals surface area contributed by atoms with Crippen LogP contribution in [-0.2, 0) is 11.3 Å². The van der Waals surface area contributed by atoms with Crippen molar-refractivity contribution in [3.8, 4) is 0 Å². The number of ketones is 1. The molecule has 0 aliphatic heterocycles. The lowest BCUT2D eigenvalue weighted by Crippen LogP contribution is -1.97. The molecule has 104 valence electrons. The number of rotatable bonds is 4. The summed E-state index contributed by atoms with van der Waals surface area (Å²) in [5.74, 6) is 0.0647. The maximum absolute atomic E-state index is 11.2. The Hall–Kier alpha value is -2.61. The fraction of sp³-hybridized carbons (Fsp3) is 0.105. The van der Waals surface area contributed by atoms with Crippen molar-refractivity contribution < 1.29 is 4.79 Å². The highest BCUT2D eigenvalue weighted by Crippen LogP contribution is 2.23. The van der Waals surface area contributed by atoms with E-state index in [1.165, 1.54) is 16.5 Å². The highest BCUT2D eigenvalue weighted by atomic mass is 16.1. The molecule has 0 saturated heterocycles. The Bertz CT molecular complexity index is 797. The van der Waals surface area contributed by atoms with Gasteiger partial charge in [0.1, 0.15) is 0 Å². The third-order valence-corrected chi connectivity index (χ3v) is 3.51. The Morgan fingerprint density at radius 2 is 1.76 bits per heavy atom. The number of aromatic nitrogens is 1. The van der Waals surface area contributed by atoms with E-state index in [1.54, 1.807) is 13.0 Å². The van der Waals surface area contributed by atoms with Crippen molar-refractivity contribution in [1.29, 1.82) is 0 Å². The standard InChI is InChI=1S/C19H17NO/c1-15(21)11-12-17-14-20(13-16-7-3-2-4-8-16)19-10-6-5-9-18(17)19/h2-12,14H,13H2,1H3. The Labute approximate surface area is 124 Å². The number of carbonyl (C=O) groups excluding carboxylic acids is 1. The SMILES string of the molecule is CC(=O)C=Cc1cn(Cc2ccccc2)c2ccccc12. The van der Waals surface area contributed by atoms with E-state index in [-0.39, 0.29) is 5.78 Å². The number of fused-ring (bicyclic) bond motifs is 1. The number of hydrogen-bond donors (Lipinski definition) is 0. The topological polar surface area (TPSA) is 22.0 Å². The first-order valence-corrected chi connectivity index (χ1v) is 7.04. The molecule has 0 radical (unpaired) electrons. The largest absolute Gasteiger partial charge is 0.342 e. The normalized spacial score (nSPS) is 11.3. The van der Waals surface area contributed by atoms with E-state index >= 15 is 0 Å². The van der Waals surface area contributed by atoms with Crippen molar-refractivity contribution in [2.24, 2.45) is 0 Å². The van der Waals surface area contributed by atoms with Crippen molar-refractivity contribution in [1.82, 2.24) is 4.57 Å². The van der Waals surface area contributed by atoms with Gasteiger partial charge in [-0.25, -0.2) is 0 Å². The molecule has 2 nitrogen and oxygen atoms in total. The third-order valence-electron chi connectivity index (χ3n) is 3.51. The molecule has 0 atom stereocenters. The van der Waals surface area contributed by atoms with Gasteiger partial charge in [0.05, 0.1) is 0 Å². The molecular formula is C19H17NO. The number of nitrogens with zero attached hydrogens (tertiary/aromatic N) is 1. The highest BCUT2D eigenvalue weighted by molar-refractivity contribution is 5.96. The van der Waals surface area contributed by atoms with Crippen molar-refractivity contribution in [3.63, 3.8) is 0 Å². The molecule has 0 spiro atoms. The van der Waals surface area contributed by atoms with Crippen LogP contribution in [0.4, 0.5) is 0 Å². The van der Waals surface area contributed by atoms with Gasteiger partial charge in [0, 0.05) is 29.2 Å². The Morgan fingerprint density at radius 3 is 2.52 bits per heavy atom. The Morgan fingerprint density at radius 1 is 1.05 bits per heavy atom. The van der Waals surface area contributed by atoms with Gasteiger partial charge in [-0.05, 0) is 30.7 Å². The van der Waals surface area contributed by atoms with E-state index in [4.69, 9.17) is 0 Å². The first-order valence-electron chi connectivity index (χ1n) is 7.04. The van der Waals surface area contributed by atoms with Gasteiger partial charge in [-0.3, -0.25) is 4.79 Å². The van der Waals surface area contributed by atoms with Gasteiger partial charge in [0.15, 0.2) is 5.78 Å². The molecule has 2 aromatic carbocycles. The van der Waals surface area contributed by atoms with Gasteiger partial charge in [-0.1, -0.05) is 48.5 Å². The van der Waals surface area contributed by atoms with Crippen LogP contribution in [0.25, 0.3) is 17.0 Å². The minimum absolute atomic E-state index is 0.0647. The van der Waals surface area contributed by atoms with E-state index in [0.717, 1.165) is 12.1 Å². The zero-order valence-corrected chi connectivity index (χ0v) is 12.0. The number of benzene rings is 2. The molecule has 21 heavy (non-hydrogen) atoms. The molecule has 0 N–H and O–H groups in total. The number of hydrogen-bond acceptors (Lipinski definition) is 1. The summed E-state index contributed by atoms with van der Waals surface area (Å²) >= 11 is 0. The lowest BCUT2D eigenvalue weighted by atomic mass is 10.1. The van der Waals surface area contributed by atoms with E-state index in [2.05, 4.69) is 47.2 Å². The zero-order valence-electron chi connectivity index (χ0n) is 12.0. The average Bonchev–Trinajstić information content (AvgIpc) is 2.85. The van der Waals surface area contributed by atoms with Crippen LogP contribution in [0, 0.1) is 0 Å². The van der Waals surface area contributed by atoms with Crippen LogP contribution in [0.5, 0.6) is 0 Å². The predicted molar refractivity (Wildman–Crippen MR) is 87.2 cm³/mol. The number of carbonyl (C=O) groups is 1. The summed E-state index contributed by atoms with van der Waals surface area (Å²) in [6.07, 6.45) is 5.62. The van der Waals surface area contributed by atoms with Crippen LogP contribution >= 0.6 is 0 Å². The summed E-state index contributed by atoms with van der Waals surface area (Å²) in [5.41, 5.74) is 3.53. The summed E-state index contributed by atoms with van der Waals surface area (Å²) < 4.78 is 2.23. The molecule has 2 heteroatoms. The Kier molecular flexibility index (Phi) is 3.69. The molecular weight excluding hydrogens is 258 g/mol. The van der Waals surface area contributed by atoms with E-state index in [9.17, 15) is 4.79 Å². The molecule has 1 heterocycles. The molecule has 0 fully saturated rings. The molecule has 3 rings (SSSR count). The minimum Gasteiger partial charge on any atom is -0.342 e. The van der Waals surface area contributed by atoms with Crippen LogP contribution in [0.2, 0.25) is 0 Å².